The normalized spacial score (nSPS) is 10.4. The first-order valence-corrected chi connectivity index (χ1v) is 29.4. The van der Waals surface area contributed by atoms with Crippen LogP contribution in [0.1, 0.15) is 95.5 Å². The number of hydrogen-bond donors (Lipinski definition) is 2. The summed E-state index contributed by atoms with van der Waals surface area (Å²) in [4.78, 5) is 104. The van der Waals surface area contributed by atoms with Gasteiger partial charge in [0.1, 0.15) is 42.9 Å². The number of nitro groups is 1. The van der Waals surface area contributed by atoms with E-state index in [-0.39, 0.29) is 28.4 Å². The summed E-state index contributed by atoms with van der Waals surface area (Å²) >= 11 is 11.9. The summed E-state index contributed by atoms with van der Waals surface area (Å²) in [5.74, 6) is -2.18. The molecule has 9 heterocycles. The maximum absolute atomic E-state index is 12.1. The fraction of sp³-hybridized carbons (Fsp3) is 0.271. The van der Waals surface area contributed by atoms with Crippen molar-refractivity contribution in [2.75, 3.05) is 41.3 Å². The number of anilines is 1. The number of aromatic nitrogens is 6. The molecule has 9 aromatic rings. The number of esters is 5. The maximum atomic E-state index is 12.1. The minimum Gasteiger partial charge on any atom is -0.465 e. The van der Waals surface area contributed by atoms with Gasteiger partial charge in [0.2, 0.25) is 5.91 Å². The molecule has 0 saturated heterocycles. The minimum atomic E-state index is -0.609. The van der Waals surface area contributed by atoms with Gasteiger partial charge < -0.3 is 38.9 Å². The molecule has 81 heavy (non-hydrogen) atoms. The Hall–Kier alpha value is -6.77. The first-order valence-electron chi connectivity index (χ1n) is 22.3. The average Bonchev–Trinajstić information content (AvgIpc) is 4.47. The van der Waals surface area contributed by atoms with E-state index >= 15 is 0 Å². The van der Waals surface area contributed by atoms with Gasteiger partial charge in [-0.05, 0) is 123 Å². The summed E-state index contributed by atoms with van der Waals surface area (Å²) in [6, 6.07) is 11.5. The van der Waals surface area contributed by atoms with Crippen LogP contribution in [0.4, 0.5) is 16.2 Å². The fourth-order valence-electron chi connectivity index (χ4n) is 5.86. The summed E-state index contributed by atoms with van der Waals surface area (Å²) in [5, 5.41) is 26.0. The number of rotatable bonds is 8. The van der Waals surface area contributed by atoms with Crippen molar-refractivity contribution in [3.05, 3.63) is 105 Å². The molecule has 3 N–H and O–H groups in total. The summed E-state index contributed by atoms with van der Waals surface area (Å²) in [6.45, 7) is 12.6. The molecule has 0 aromatic carbocycles. The first kappa shape index (κ1) is 66.7. The number of ether oxygens (including phenoxy) is 7. The van der Waals surface area contributed by atoms with Gasteiger partial charge in [0, 0.05) is 28.4 Å². The zero-order valence-electron chi connectivity index (χ0n) is 44.6. The molecule has 0 saturated carbocycles. The van der Waals surface area contributed by atoms with E-state index in [2.05, 4.69) is 71.4 Å². The molecular weight excluding hydrogens is 1410 g/mol. The van der Waals surface area contributed by atoms with Gasteiger partial charge in [-0.15, -0.1) is 68.0 Å². The molecule has 0 aliphatic carbocycles. The minimum absolute atomic E-state index is 0.0367. The van der Waals surface area contributed by atoms with Crippen LogP contribution in [0.2, 0.25) is 0 Å². The number of aromatic amines is 1. The third-order valence-electron chi connectivity index (χ3n) is 9.48. The second kappa shape index (κ2) is 30.3. The molecule has 0 unspecified atom stereocenters. The number of nitrogens with one attached hydrogen (secondary N) is 1. The van der Waals surface area contributed by atoms with Gasteiger partial charge in [-0.25, -0.2) is 28.8 Å². The number of carbonyl (C=O) groups excluding carboxylic acids is 8. The highest BCUT2D eigenvalue weighted by Crippen LogP contribution is 2.32. The van der Waals surface area contributed by atoms with E-state index in [4.69, 9.17) is 10.5 Å². The van der Waals surface area contributed by atoms with Gasteiger partial charge in [-0.1, -0.05) is 0 Å². The fourth-order valence-corrected chi connectivity index (χ4v) is 12.6. The molecule has 25 nitrogen and oxygen atoms in total. The Morgan fingerprint density at radius 3 is 1.65 bits per heavy atom. The van der Waals surface area contributed by atoms with Crippen LogP contribution in [-0.4, -0.2) is 124 Å². The van der Waals surface area contributed by atoms with E-state index < -0.39 is 34.5 Å². The number of nitrogen functional groups attached to an aromatic ring is 1. The number of fused-ring (bicyclic) bond motifs is 3. The van der Waals surface area contributed by atoms with E-state index in [0.29, 0.717) is 56.3 Å². The molecule has 9 rings (SSSR count). The number of nitrogens with two attached hydrogens (primary N) is 1. The molecule has 9 aromatic heterocycles. The largest absolute Gasteiger partial charge is 0.465 e. The Morgan fingerprint density at radius 1 is 0.691 bits per heavy atom. The Balaban J connectivity index is 0.000000213. The van der Waals surface area contributed by atoms with Crippen LogP contribution in [0.5, 0.6) is 5.06 Å². The number of methoxy groups -OCH3 is 5. The van der Waals surface area contributed by atoms with Crippen LogP contribution < -0.4 is 10.5 Å². The monoisotopic (exact) mass is 1450 g/mol. The lowest BCUT2D eigenvalue weighted by Gasteiger charge is -2.18. The average molecular weight is 1460 g/mol. The van der Waals surface area contributed by atoms with Crippen molar-refractivity contribution >= 4 is 204 Å². The number of halogens is 2. The van der Waals surface area contributed by atoms with Crippen molar-refractivity contribution in [3.63, 3.8) is 0 Å². The smallest absolute Gasteiger partial charge is 0.435 e. The molecule has 0 fully saturated rings. The topological polar surface area (TPSA) is 335 Å². The molecular formula is C48H48I2N8O17S6. The van der Waals surface area contributed by atoms with Crippen LogP contribution in [0.15, 0.2) is 48.7 Å². The van der Waals surface area contributed by atoms with E-state index in [1.165, 1.54) is 115 Å². The third kappa shape index (κ3) is 18.4. The molecule has 33 heteroatoms. The van der Waals surface area contributed by atoms with Gasteiger partial charge >= 0.3 is 35.9 Å². The molecule has 0 aliphatic heterocycles. The summed E-state index contributed by atoms with van der Waals surface area (Å²) in [5.41, 5.74) is 7.55. The number of carbonyl (C=O) groups is 8. The molecule has 0 bridgehead atoms. The molecule has 0 radical (unpaired) electrons. The van der Waals surface area contributed by atoms with Gasteiger partial charge in [0.05, 0.1) is 76.7 Å². The van der Waals surface area contributed by atoms with Crippen molar-refractivity contribution in [2.45, 2.75) is 54.1 Å². The van der Waals surface area contributed by atoms with Crippen LogP contribution in [0.3, 0.4) is 0 Å². The SMILES string of the molecule is COC(=O)c1cc(N)c(C)s1.COC(=O)c1cc([N+](=O)[O-])c(C)s1.COC(=O)c1cc2c(cnn2C(C)=O)s1.COC(=O)c1cc2c(s1)c(I)nn2C(=O)OC(C)(C)C.COC(=O)c1cc2n[nH]c(I)c2s1.Cc1ccc(OC=O)s1. The molecule has 0 aliphatic rings. The number of nitrogens with zero attached hydrogens (tertiary/aromatic N) is 6. The van der Waals surface area contributed by atoms with Gasteiger partial charge in [0.15, 0.2) is 5.06 Å². The third-order valence-corrected chi connectivity index (χ3v) is 18.0. The van der Waals surface area contributed by atoms with Crippen LogP contribution >= 0.6 is 113 Å². The predicted octanol–water partition coefficient (Wildman–Crippen LogP) is 11.6. The quantitative estimate of drug-likeness (QED) is 0.0356. The van der Waals surface area contributed by atoms with Crippen LogP contribution in [0.25, 0.3) is 30.6 Å². The summed E-state index contributed by atoms with van der Waals surface area (Å²) in [7, 11) is 6.61. The number of thiophene rings is 6. The lowest BCUT2D eigenvalue weighted by Crippen LogP contribution is -2.27. The van der Waals surface area contributed by atoms with Crippen LogP contribution in [-0.2, 0) is 33.2 Å². The number of aryl methyl sites for hydroxylation is 3. The number of hydrogen-bond acceptors (Lipinski definition) is 27. The summed E-state index contributed by atoms with van der Waals surface area (Å²) in [6.07, 6.45) is 0.994. The zero-order valence-corrected chi connectivity index (χ0v) is 53.8. The van der Waals surface area contributed by atoms with E-state index in [1.807, 2.05) is 42.5 Å². The van der Waals surface area contributed by atoms with Crippen molar-refractivity contribution in [3.8, 4) is 5.06 Å². The first-order chi connectivity index (χ1) is 38.1. The lowest BCUT2D eigenvalue weighted by molar-refractivity contribution is -0.385. The molecule has 432 valence electrons. The van der Waals surface area contributed by atoms with Crippen LogP contribution in [0, 0.1) is 38.3 Å². The Morgan fingerprint density at radius 2 is 1.20 bits per heavy atom. The second-order valence-electron chi connectivity index (χ2n) is 16.3. The Bertz CT molecular complexity index is 3720. The van der Waals surface area contributed by atoms with E-state index in [0.717, 1.165) is 44.4 Å². The van der Waals surface area contributed by atoms with Gasteiger partial charge in [-0.3, -0.25) is 24.8 Å². The Kier molecular flexibility index (Phi) is 25.0. The van der Waals surface area contributed by atoms with Crippen molar-refractivity contribution in [1.82, 2.24) is 29.8 Å². The number of H-pyrrole nitrogens is 1. The molecule has 0 atom stereocenters. The Labute approximate surface area is 511 Å². The highest BCUT2D eigenvalue weighted by molar-refractivity contribution is 14.1. The van der Waals surface area contributed by atoms with Crippen molar-refractivity contribution in [1.29, 1.82) is 0 Å². The van der Waals surface area contributed by atoms with Gasteiger partial charge in [0.25, 0.3) is 12.2 Å². The molecule has 0 spiro atoms. The van der Waals surface area contributed by atoms with Crippen molar-refractivity contribution < 1.29 is 76.4 Å². The van der Waals surface area contributed by atoms with Gasteiger partial charge in [-0.2, -0.15) is 24.7 Å². The second-order valence-corrected chi connectivity index (χ2v) is 25.3. The highest BCUT2D eigenvalue weighted by Gasteiger charge is 2.25. The van der Waals surface area contributed by atoms with E-state index in [9.17, 15) is 48.5 Å². The van der Waals surface area contributed by atoms with Crippen molar-refractivity contribution in [2.24, 2.45) is 0 Å². The highest BCUT2D eigenvalue weighted by atomic mass is 127. The standard InChI is InChI=1S/C12H13IN2O4S.C9H8N2O3S.C7H5IN2O2S.C7H7NO4S.C7H9NO2S.C6H6O2S/c1-12(2,3)19-11(17)15-6-5-7(10(16)18-4)20-8(6)9(13)14-15;1-5(12)11-6-3-7(9(13)14-2)15-8(6)4-10-11;1-12-7(11)4-2-3-5(13-4)6(8)10-9-3;1-4-5(8(10)11)3-6(13-4)7(9)12-2;1-4-5(8)3-6(11-4)7(9)10-2;1-5-2-3-6(9-5)8-4-7/h5H,1-4H3;3-4H,1-2H3;2H,1H3,(H,9,10);3H,1-2H3;3H,8H2,1-2H3;2-4H,1H3. The summed E-state index contributed by atoms with van der Waals surface area (Å²) < 4.78 is 39.3. The predicted molar refractivity (Wildman–Crippen MR) is 324 cm³/mol. The lowest BCUT2D eigenvalue weighted by atomic mass is 10.2. The molecule has 0 amide bonds. The van der Waals surface area contributed by atoms with E-state index in [1.54, 1.807) is 64.2 Å². The zero-order chi connectivity index (χ0) is 60.6. The maximum Gasteiger partial charge on any atom is 0.435 e.